The number of rotatable bonds is 8. The minimum absolute atomic E-state index is 0.0220. The molecule has 0 aromatic carbocycles. The molecular formula is C11H19NO3. The van der Waals surface area contributed by atoms with Crippen LogP contribution < -0.4 is 0 Å². The van der Waals surface area contributed by atoms with Gasteiger partial charge in [-0.05, 0) is 20.3 Å². The number of carbonyl (C=O) groups is 1. The van der Waals surface area contributed by atoms with Crippen LogP contribution in [-0.4, -0.2) is 31.5 Å². The van der Waals surface area contributed by atoms with E-state index in [9.17, 15) is 4.79 Å². The molecule has 0 aromatic rings. The number of hydrogen-bond donors (Lipinski definition) is 1. The monoisotopic (exact) mass is 213 g/mol. The molecule has 0 rings (SSSR count). The van der Waals surface area contributed by atoms with Gasteiger partial charge in [0.15, 0.2) is 0 Å². The normalized spacial score (nSPS) is 12.2. The van der Waals surface area contributed by atoms with Crippen LogP contribution in [0.3, 0.4) is 0 Å². The van der Waals surface area contributed by atoms with Crippen molar-refractivity contribution in [3.63, 3.8) is 0 Å². The summed E-state index contributed by atoms with van der Waals surface area (Å²) in [6.45, 7) is 7.99. The summed E-state index contributed by atoms with van der Waals surface area (Å²) in [6, 6.07) is 0. The highest BCUT2D eigenvalue weighted by molar-refractivity contribution is 5.75. The fraction of sp³-hybridized carbons (Fsp3) is 0.636. The summed E-state index contributed by atoms with van der Waals surface area (Å²) in [6.07, 6.45) is 3.32. The predicted molar refractivity (Wildman–Crippen MR) is 59.1 cm³/mol. The first-order valence-corrected chi connectivity index (χ1v) is 5.01. The maximum Gasteiger partial charge on any atom is 0.313 e. The van der Waals surface area contributed by atoms with Gasteiger partial charge in [-0.2, -0.15) is 0 Å². The van der Waals surface area contributed by atoms with Gasteiger partial charge < -0.3 is 14.9 Å². The van der Waals surface area contributed by atoms with Gasteiger partial charge in [-0.25, -0.2) is 0 Å². The van der Waals surface area contributed by atoms with E-state index >= 15 is 0 Å². The van der Waals surface area contributed by atoms with Crippen LogP contribution in [0.2, 0.25) is 0 Å². The average molecular weight is 213 g/mol. The lowest BCUT2D eigenvalue weighted by atomic mass is 10.1. The quantitative estimate of drug-likeness (QED) is 0.380. The summed E-state index contributed by atoms with van der Waals surface area (Å²) in [7, 11) is 0. The van der Waals surface area contributed by atoms with E-state index in [4.69, 9.17) is 14.9 Å². The van der Waals surface area contributed by atoms with Crippen LogP contribution in [0, 0.1) is 11.3 Å². The second-order valence-corrected chi connectivity index (χ2v) is 3.38. The fourth-order valence-electron chi connectivity index (χ4n) is 0.993. The van der Waals surface area contributed by atoms with E-state index in [-0.39, 0.29) is 24.6 Å². The third-order valence-corrected chi connectivity index (χ3v) is 1.78. The Balaban J connectivity index is 3.85. The molecule has 0 fully saturated rings. The molecule has 0 amide bonds. The van der Waals surface area contributed by atoms with Gasteiger partial charge in [0.1, 0.15) is 6.61 Å². The molecule has 0 saturated carbocycles. The van der Waals surface area contributed by atoms with Gasteiger partial charge in [0.2, 0.25) is 0 Å². The molecule has 0 saturated heterocycles. The van der Waals surface area contributed by atoms with Crippen LogP contribution in [0.4, 0.5) is 0 Å². The highest BCUT2D eigenvalue weighted by Gasteiger charge is 2.15. The van der Waals surface area contributed by atoms with Crippen LogP contribution in [0.1, 0.15) is 20.3 Å². The molecule has 0 aromatic heterocycles. The highest BCUT2D eigenvalue weighted by Crippen LogP contribution is 2.08. The zero-order valence-corrected chi connectivity index (χ0v) is 9.36. The van der Waals surface area contributed by atoms with Crippen molar-refractivity contribution in [3.8, 4) is 0 Å². The van der Waals surface area contributed by atoms with Crippen LogP contribution in [0.25, 0.3) is 0 Å². The van der Waals surface area contributed by atoms with Crippen molar-refractivity contribution >= 4 is 12.2 Å². The first-order chi connectivity index (χ1) is 7.11. The minimum Gasteiger partial charge on any atom is -0.459 e. The molecule has 0 unspecified atom stereocenters. The molecule has 0 aliphatic rings. The summed E-state index contributed by atoms with van der Waals surface area (Å²) < 4.78 is 10.1. The Bertz CT molecular complexity index is 214. The summed E-state index contributed by atoms with van der Waals surface area (Å²) in [5.74, 6) is -0.690. The van der Waals surface area contributed by atoms with E-state index < -0.39 is 0 Å². The number of hydrogen-bond acceptors (Lipinski definition) is 4. The third-order valence-electron chi connectivity index (χ3n) is 1.78. The maximum absolute atomic E-state index is 11.4. The molecule has 0 aliphatic carbocycles. The highest BCUT2D eigenvalue weighted by atomic mass is 16.5. The summed E-state index contributed by atoms with van der Waals surface area (Å²) >= 11 is 0. The Morgan fingerprint density at radius 2 is 2.20 bits per heavy atom. The van der Waals surface area contributed by atoms with Crippen LogP contribution in [-0.2, 0) is 14.3 Å². The molecule has 1 atom stereocenters. The Morgan fingerprint density at radius 1 is 1.53 bits per heavy atom. The Labute approximate surface area is 90.8 Å². The van der Waals surface area contributed by atoms with Crippen molar-refractivity contribution in [2.45, 2.75) is 26.4 Å². The SMILES string of the molecule is C=C[C@H](CCOC(C)C)C(=O)OCC=N. The molecule has 4 heteroatoms. The molecule has 86 valence electrons. The maximum atomic E-state index is 11.4. The van der Waals surface area contributed by atoms with Crippen molar-refractivity contribution in [2.75, 3.05) is 13.2 Å². The number of carbonyl (C=O) groups excluding carboxylic acids is 1. The van der Waals surface area contributed by atoms with E-state index in [1.165, 1.54) is 0 Å². The van der Waals surface area contributed by atoms with Crippen LogP contribution in [0.5, 0.6) is 0 Å². The van der Waals surface area contributed by atoms with Crippen molar-refractivity contribution in [1.29, 1.82) is 5.41 Å². The van der Waals surface area contributed by atoms with Gasteiger partial charge in [-0.15, -0.1) is 6.58 Å². The van der Waals surface area contributed by atoms with Gasteiger partial charge in [0, 0.05) is 12.8 Å². The van der Waals surface area contributed by atoms with Crippen molar-refractivity contribution in [1.82, 2.24) is 0 Å². The molecule has 0 spiro atoms. The second kappa shape index (κ2) is 8.17. The summed E-state index contributed by atoms with van der Waals surface area (Å²) in [4.78, 5) is 11.4. The fourth-order valence-corrected chi connectivity index (χ4v) is 0.993. The van der Waals surface area contributed by atoms with E-state index in [2.05, 4.69) is 6.58 Å². The van der Waals surface area contributed by atoms with Gasteiger partial charge in [0.25, 0.3) is 0 Å². The van der Waals surface area contributed by atoms with Gasteiger partial charge in [0.05, 0.1) is 12.0 Å². The lowest BCUT2D eigenvalue weighted by molar-refractivity contribution is -0.145. The first kappa shape index (κ1) is 13.8. The van der Waals surface area contributed by atoms with E-state index in [1.807, 2.05) is 13.8 Å². The van der Waals surface area contributed by atoms with E-state index in [0.717, 1.165) is 6.21 Å². The molecule has 1 N–H and O–H groups in total. The molecule has 15 heavy (non-hydrogen) atoms. The van der Waals surface area contributed by atoms with Gasteiger partial charge >= 0.3 is 5.97 Å². The second-order valence-electron chi connectivity index (χ2n) is 3.38. The zero-order chi connectivity index (χ0) is 11.7. The third kappa shape index (κ3) is 6.85. The minimum atomic E-state index is -0.346. The van der Waals surface area contributed by atoms with Crippen molar-refractivity contribution in [2.24, 2.45) is 5.92 Å². The lowest BCUT2D eigenvalue weighted by Gasteiger charge is -2.12. The Morgan fingerprint density at radius 3 is 2.67 bits per heavy atom. The first-order valence-electron chi connectivity index (χ1n) is 5.01. The van der Waals surface area contributed by atoms with Gasteiger partial charge in [-0.1, -0.05) is 6.08 Å². The topological polar surface area (TPSA) is 59.4 Å². The van der Waals surface area contributed by atoms with Crippen molar-refractivity contribution in [3.05, 3.63) is 12.7 Å². The van der Waals surface area contributed by atoms with Crippen LogP contribution >= 0.6 is 0 Å². The number of esters is 1. The van der Waals surface area contributed by atoms with E-state index in [1.54, 1.807) is 6.08 Å². The van der Waals surface area contributed by atoms with Gasteiger partial charge in [-0.3, -0.25) is 4.79 Å². The number of nitrogens with one attached hydrogen (secondary N) is 1. The van der Waals surface area contributed by atoms with Crippen LogP contribution in [0.15, 0.2) is 12.7 Å². The van der Waals surface area contributed by atoms with Crippen molar-refractivity contribution < 1.29 is 14.3 Å². The molecule has 0 heterocycles. The molecule has 0 aliphatic heterocycles. The number of ether oxygens (including phenoxy) is 2. The largest absolute Gasteiger partial charge is 0.459 e. The Kier molecular flexibility index (Phi) is 7.54. The molecular weight excluding hydrogens is 194 g/mol. The molecule has 0 radical (unpaired) electrons. The molecule has 0 bridgehead atoms. The lowest BCUT2D eigenvalue weighted by Crippen LogP contribution is -2.19. The summed E-state index contributed by atoms with van der Waals surface area (Å²) in [5.41, 5.74) is 0. The standard InChI is InChI=1S/C11H19NO3/c1-4-10(5-7-14-9(2)3)11(13)15-8-6-12/h4,6,9-10,12H,1,5,7-8H2,2-3H3/t10-/m1/s1. The summed E-state index contributed by atoms with van der Waals surface area (Å²) in [5, 5.41) is 6.74. The average Bonchev–Trinajstić information content (AvgIpc) is 2.20. The smallest absolute Gasteiger partial charge is 0.313 e. The zero-order valence-electron chi connectivity index (χ0n) is 9.36. The Hall–Kier alpha value is -1.16. The van der Waals surface area contributed by atoms with E-state index in [0.29, 0.717) is 13.0 Å². The predicted octanol–water partition coefficient (Wildman–Crippen LogP) is 1.80. The molecule has 4 nitrogen and oxygen atoms in total.